The lowest BCUT2D eigenvalue weighted by molar-refractivity contribution is -0.798. The van der Waals surface area contributed by atoms with Crippen molar-refractivity contribution in [3.63, 3.8) is 0 Å². The average molecular weight is 200 g/mol. The molecule has 1 heterocycles. The fraction of sp³-hybridized carbons (Fsp3) is 1.00. The molecule has 0 bridgehead atoms. The van der Waals surface area contributed by atoms with E-state index < -0.39 is 0 Å². The van der Waals surface area contributed by atoms with Crippen LogP contribution in [0.5, 0.6) is 0 Å². The van der Waals surface area contributed by atoms with E-state index in [1.807, 2.05) is 0 Å². The van der Waals surface area contributed by atoms with Gasteiger partial charge in [-0.15, -0.1) is 0 Å². The summed E-state index contributed by atoms with van der Waals surface area (Å²) in [4.78, 5) is 0. The van der Waals surface area contributed by atoms with Crippen LogP contribution in [0.25, 0.3) is 0 Å². The maximum atomic E-state index is 5.97. The molecule has 4 heteroatoms. The minimum Gasteiger partial charge on any atom is -0.346 e. The molecule has 0 spiro atoms. The van der Waals surface area contributed by atoms with Crippen LogP contribution in [0.4, 0.5) is 0 Å². The van der Waals surface area contributed by atoms with Crippen molar-refractivity contribution in [2.75, 3.05) is 20.6 Å². The van der Waals surface area contributed by atoms with Gasteiger partial charge >= 0.3 is 7.25 Å². The van der Waals surface area contributed by atoms with E-state index in [-0.39, 0.29) is 18.5 Å². The van der Waals surface area contributed by atoms with Crippen molar-refractivity contribution in [1.82, 2.24) is 0 Å². The summed E-state index contributed by atoms with van der Waals surface area (Å²) in [5.41, 5.74) is -0.440. The van der Waals surface area contributed by atoms with Gasteiger partial charge in [-0.25, -0.2) is 0 Å². The SMILES string of the molecule is CC[N+](C)(C)B1OC(C)(C)C(C)(C)O1. The molecule has 82 valence electrons. The smallest absolute Gasteiger partial charge is 0.346 e. The normalized spacial score (nSPS) is 25.5. The Hall–Kier alpha value is -0.0551. The first kappa shape index (κ1) is 12.0. The van der Waals surface area contributed by atoms with Crippen molar-refractivity contribution in [2.24, 2.45) is 0 Å². The van der Waals surface area contributed by atoms with Crippen molar-refractivity contribution in [1.29, 1.82) is 0 Å². The predicted octanol–water partition coefficient (Wildman–Crippen LogP) is 1.67. The largest absolute Gasteiger partial charge is 0.760 e. The van der Waals surface area contributed by atoms with Crippen LogP contribution >= 0.6 is 0 Å². The monoisotopic (exact) mass is 200 g/mol. The molecule has 0 atom stereocenters. The highest BCUT2D eigenvalue weighted by atomic mass is 16.7. The van der Waals surface area contributed by atoms with Gasteiger partial charge in [0.2, 0.25) is 0 Å². The third kappa shape index (κ3) is 1.83. The Kier molecular flexibility index (Phi) is 2.77. The summed E-state index contributed by atoms with van der Waals surface area (Å²) in [7, 11) is 4.11. The van der Waals surface area contributed by atoms with Crippen LogP contribution in [0.3, 0.4) is 0 Å². The van der Waals surface area contributed by atoms with Crippen LogP contribution in [0, 0.1) is 0 Å². The van der Waals surface area contributed by atoms with Crippen LogP contribution < -0.4 is 0 Å². The molecule has 0 saturated carbocycles. The highest BCUT2D eigenvalue weighted by Crippen LogP contribution is 2.38. The van der Waals surface area contributed by atoms with Gasteiger partial charge in [0, 0.05) is 0 Å². The molecule has 1 rings (SSSR count). The second kappa shape index (κ2) is 3.22. The summed E-state index contributed by atoms with van der Waals surface area (Å²) in [5.74, 6) is 0. The summed E-state index contributed by atoms with van der Waals surface area (Å²) >= 11 is 0. The molecular formula is C10H23BNO2+. The summed E-state index contributed by atoms with van der Waals surface area (Å²) in [6.45, 7) is 11.5. The molecule has 0 aromatic carbocycles. The molecule has 1 fully saturated rings. The van der Waals surface area contributed by atoms with Crippen LogP contribution in [-0.2, 0) is 9.31 Å². The van der Waals surface area contributed by atoms with Gasteiger partial charge in [-0.2, -0.15) is 0 Å². The van der Waals surface area contributed by atoms with Crippen LogP contribution in [-0.4, -0.2) is 43.5 Å². The van der Waals surface area contributed by atoms with E-state index >= 15 is 0 Å². The molecule has 14 heavy (non-hydrogen) atoms. The zero-order valence-electron chi connectivity index (χ0n) is 10.5. The second-order valence-corrected chi connectivity index (χ2v) is 5.66. The number of hydrogen-bond donors (Lipinski definition) is 0. The third-order valence-corrected chi connectivity index (χ3v) is 3.63. The number of nitrogens with zero attached hydrogens (tertiary/aromatic N) is 1. The Morgan fingerprint density at radius 1 is 1.00 bits per heavy atom. The lowest BCUT2D eigenvalue weighted by Crippen LogP contribution is -2.54. The van der Waals surface area contributed by atoms with Gasteiger partial charge in [-0.1, -0.05) is 0 Å². The first-order chi connectivity index (χ1) is 6.12. The Bertz CT molecular complexity index is 210. The lowest BCUT2D eigenvalue weighted by atomic mass is 9.90. The quantitative estimate of drug-likeness (QED) is 0.631. The molecular weight excluding hydrogens is 177 g/mol. The van der Waals surface area contributed by atoms with Gasteiger partial charge in [0.05, 0.1) is 31.8 Å². The van der Waals surface area contributed by atoms with Crippen molar-refractivity contribution in [3.05, 3.63) is 0 Å². The predicted molar refractivity (Wildman–Crippen MR) is 58.7 cm³/mol. The van der Waals surface area contributed by atoms with E-state index in [2.05, 4.69) is 48.7 Å². The van der Waals surface area contributed by atoms with Crippen LogP contribution in [0.1, 0.15) is 34.6 Å². The fourth-order valence-electron chi connectivity index (χ4n) is 1.25. The highest BCUT2D eigenvalue weighted by molar-refractivity contribution is 6.36. The number of rotatable bonds is 2. The summed E-state index contributed by atoms with van der Waals surface area (Å²) < 4.78 is 12.7. The second-order valence-electron chi connectivity index (χ2n) is 5.66. The van der Waals surface area contributed by atoms with Crippen molar-refractivity contribution in [3.8, 4) is 0 Å². The molecule has 1 aliphatic heterocycles. The topological polar surface area (TPSA) is 18.5 Å². The standard InChI is InChI=1S/C10H23BNO2/c1-8-12(6,7)11-13-9(2,3)10(4,5)14-11/h8H2,1-7H3/q+1. The number of hydrogen-bond acceptors (Lipinski definition) is 2. The number of quaternary nitrogens is 1. The molecule has 1 aliphatic rings. The Morgan fingerprint density at radius 2 is 1.36 bits per heavy atom. The molecule has 0 N–H and O–H groups in total. The zero-order chi connectivity index (χ0) is 11.2. The van der Waals surface area contributed by atoms with Crippen molar-refractivity contribution >= 4 is 7.25 Å². The molecule has 0 aromatic heterocycles. The van der Waals surface area contributed by atoms with E-state index in [1.165, 1.54) is 0 Å². The Balaban J connectivity index is 2.83. The third-order valence-electron chi connectivity index (χ3n) is 3.63. The average Bonchev–Trinajstić information content (AvgIpc) is 2.22. The minimum atomic E-state index is -0.220. The van der Waals surface area contributed by atoms with Crippen LogP contribution in [0.15, 0.2) is 0 Å². The molecule has 0 amide bonds. The Labute approximate surface area is 88.1 Å². The van der Waals surface area contributed by atoms with E-state index in [0.717, 1.165) is 10.9 Å². The van der Waals surface area contributed by atoms with Gasteiger partial charge in [-0.05, 0) is 34.6 Å². The maximum Gasteiger partial charge on any atom is 0.760 e. The van der Waals surface area contributed by atoms with Crippen molar-refractivity contribution in [2.45, 2.75) is 45.8 Å². The Morgan fingerprint density at radius 3 is 1.64 bits per heavy atom. The van der Waals surface area contributed by atoms with Gasteiger partial charge in [0.25, 0.3) is 0 Å². The van der Waals surface area contributed by atoms with Gasteiger partial charge in [0.1, 0.15) is 0 Å². The first-order valence-corrected chi connectivity index (χ1v) is 5.31. The zero-order valence-corrected chi connectivity index (χ0v) is 10.5. The van der Waals surface area contributed by atoms with Crippen LogP contribution in [0.2, 0.25) is 0 Å². The first-order valence-electron chi connectivity index (χ1n) is 5.31. The molecule has 1 saturated heterocycles. The minimum absolute atomic E-state index is 0.148. The van der Waals surface area contributed by atoms with Gasteiger partial charge in [-0.3, -0.25) is 0 Å². The molecule has 0 radical (unpaired) electrons. The van der Waals surface area contributed by atoms with Crippen molar-refractivity contribution < 1.29 is 13.7 Å². The molecule has 0 unspecified atom stereocenters. The van der Waals surface area contributed by atoms with E-state index in [0.29, 0.717) is 0 Å². The molecule has 0 aliphatic carbocycles. The van der Waals surface area contributed by atoms with E-state index in [4.69, 9.17) is 9.31 Å². The van der Waals surface area contributed by atoms with Gasteiger partial charge < -0.3 is 13.7 Å². The summed E-state index contributed by atoms with van der Waals surface area (Å²) in [6, 6.07) is 0. The maximum absolute atomic E-state index is 5.97. The summed E-state index contributed by atoms with van der Waals surface area (Å²) in [5, 5.41) is 0. The summed E-state index contributed by atoms with van der Waals surface area (Å²) in [6.07, 6.45) is 0. The van der Waals surface area contributed by atoms with E-state index in [9.17, 15) is 0 Å². The fourth-order valence-corrected chi connectivity index (χ4v) is 1.25. The highest BCUT2D eigenvalue weighted by Gasteiger charge is 2.60. The molecule has 0 aromatic rings. The molecule has 3 nitrogen and oxygen atoms in total. The lowest BCUT2D eigenvalue weighted by Gasteiger charge is -2.31. The van der Waals surface area contributed by atoms with E-state index in [1.54, 1.807) is 0 Å². The van der Waals surface area contributed by atoms with Gasteiger partial charge in [0.15, 0.2) is 0 Å².